The molecule has 0 aliphatic rings. The van der Waals surface area contributed by atoms with E-state index in [1.165, 1.54) is 0 Å². The summed E-state index contributed by atoms with van der Waals surface area (Å²) < 4.78 is 5.83. The molecule has 0 fully saturated rings. The molecule has 1 atom stereocenters. The van der Waals surface area contributed by atoms with Gasteiger partial charge in [0.1, 0.15) is 11.5 Å². The van der Waals surface area contributed by atoms with E-state index in [2.05, 4.69) is 10.6 Å². The highest BCUT2D eigenvalue weighted by Gasteiger charge is 2.06. The number of aliphatic hydroxyl groups is 1. The first-order valence-electron chi connectivity index (χ1n) is 7.51. The Labute approximate surface area is 136 Å². The number of nitrogens with one attached hydrogen (secondary N) is 2. The Morgan fingerprint density at radius 2 is 1.95 bits per heavy atom. The Balaban J connectivity index is 1.80. The molecule has 22 heavy (non-hydrogen) atoms. The van der Waals surface area contributed by atoms with Crippen molar-refractivity contribution in [3.8, 4) is 11.3 Å². The minimum atomic E-state index is -0.311. The highest BCUT2D eigenvalue weighted by Crippen LogP contribution is 2.26. The molecule has 1 unspecified atom stereocenters. The Bertz CT molecular complexity index is 596. The highest BCUT2D eigenvalue weighted by atomic mass is 35.5. The van der Waals surface area contributed by atoms with Gasteiger partial charge >= 0.3 is 0 Å². The zero-order valence-electron chi connectivity index (χ0n) is 13.0. The smallest absolute Gasteiger partial charge is 0.134 e. The van der Waals surface area contributed by atoms with Gasteiger partial charge in [-0.3, -0.25) is 0 Å². The van der Waals surface area contributed by atoms with Gasteiger partial charge in [0.25, 0.3) is 0 Å². The summed E-state index contributed by atoms with van der Waals surface area (Å²) in [7, 11) is 0. The zero-order valence-corrected chi connectivity index (χ0v) is 13.8. The van der Waals surface area contributed by atoms with E-state index in [-0.39, 0.29) is 6.10 Å². The molecule has 0 amide bonds. The Kier molecular flexibility index (Phi) is 6.46. The first-order chi connectivity index (χ1) is 10.6. The van der Waals surface area contributed by atoms with Crippen molar-refractivity contribution >= 4 is 11.6 Å². The van der Waals surface area contributed by atoms with Crippen LogP contribution in [0.15, 0.2) is 34.7 Å². The Morgan fingerprint density at radius 1 is 1.18 bits per heavy atom. The molecule has 0 saturated carbocycles. The summed E-state index contributed by atoms with van der Waals surface area (Å²) in [6, 6.07) is 9.86. The van der Waals surface area contributed by atoms with Gasteiger partial charge in [-0.25, -0.2) is 0 Å². The molecule has 0 saturated heterocycles. The Hall–Kier alpha value is -1.33. The molecule has 5 heteroatoms. The van der Waals surface area contributed by atoms with Crippen molar-refractivity contribution in [2.75, 3.05) is 19.6 Å². The topological polar surface area (TPSA) is 57.4 Å². The Morgan fingerprint density at radius 3 is 2.68 bits per heavy atom. The van der Waals surface area contributed by atoms with E-state index in [1.807, 2.05) is 37.3 Å². The summed E-state index contributed by atoms with van der Waals surface area (Å²) in [4.78, 5) is 0. The van der Waals surface area contributed by atoms with E-state index in [9.17, 15) is 0 Å². The average molecular weight is 323 g/mol. The van der Waals surface area contributed by atoms with Gasteiger partial charge in [-0.15, -0.1) is 0 Å². The van der Waals surface area contributed by atoms with Crippen molar-refractivity contribution in [1.82, 2.24) is 10.6 Å². The summed E-state index contributed by atoms with van der Waals surface area (Å²) in [5.41, 5.74) is 2.05. The van der Waals surface area contributed by atoms with Crippen molar-refractivity contribution in [3.05, 3.63) is 46.7 Å². The van der Waals surface area contributed by atoms with Gasteiger partial charge in [-0.1, -0.05) is 23.7 Å². The second kappa shape index (κ2) is 8.34. The molecule has 0 spiro atoms. The standard InChI is InChI=1S/C17H23ClN2O2/c1-12-3-4-14(9-16(12)18)17-6-5-15(22-17)11-20-8-7-19-10-13(2)21/h3-6,9,13,19-21H,7-8,10-11H2,1-2H3. The van der Waals surface area contributed by atoms with Crippen LogP contribution in [0.25, 0.3) is 11.3 Å². The predicted octanol–water partition coefficient (Wildman–Crippen LogP) is 2.97. The number of hydrogen-bond donors (Lipinski definition) is 3. The first kappa shape index (κ1) is 17.0. The maximum Gasteiger partial charge on any atom is 0.134 e. The van der Waals surface area contributed by atoms with Crippen LogP contribution in [0.4, 0.5) is 0 Å². The quantitative estimate of drug-likeness (QED) is 0.654. The molecular weight excluding hydrogens is 300 g/mol. The molecule has 2 aromatic rings. The van der Waals surface area contributed by atoms with E-state index in [0.717, 1.165) is 40.8 Å². The fourth-order valence-electron chi connectivity index (χ4n) is 2.07. The lowest BCUT2D eigenvalue weighted by atomic mass is 10.1. The van der Waals surface area contributed by atoms with Gasteiger partial charge in [-0.2, -0.15) is 0 Å². The van der Waals surface area contributed by atoms with Crippen molar-refractivity contribution < 1.29 is 9.52 Å². The fourth-order valence-corrected chi connectivity index (χ4v) is 2.25. The number of aryl methyl sites for hydroxylation is 1. The van der Waals surface area contributed by atoms with E-state index < -0.39 is 0 Å². The molecule has 0 radical (unpaired) electrons. The fraction of sp³-hybridized carbons (Fsp3) is 0.412. The number of furan rings is 1. The van der Waals surface area contributed by atoms with Crippen molar-refractivity contribution in [2.45, 2.75) is 26.5 Å². The van der Waals surface area contributed by atoms with E-state index in [4.69, 9.17) is 21.1 Å². The minimum Gasteiger partial charge on any atom is -0.460 e. The molecule has 3 N–H and O–H groups in total. The number of hydrogen-bond acceptors (Lipinski definition) is 4. The van der Waals surface area contributed by atoms with E-state index in [0.29, 0.717) is 13.1 Å². The molecule has 0 bridgehead atoms. The van der Waals surface area contributed by atoms with Gasteiger partial charge < -0.3 is 20.2 Å². The molecule has 1 heterocycles. The van der Waals surface area contributed by atoms with E-state index >= 15 is 0 Å². The first-order valence-corrected chi connectivity index (χ1v) is 7.89. The van der Waals surface area contributed by atoms with Crippen LogP contribution in [0.5, 0.6) is 0 Å². The van der Waals surface area contributed by atoms with Crippen LogP contribution in [0.2, 0.25) is 5.02 Å². The van der Waals surface area contributed by atoms with Gasteiger partial charge in [0, 0.05) is 30.2 Å². The molecule has 120 valence electrons. The van der Waals surface area contributed by atoms with Crippen molar-refractivity contribution in [1.29, 1.82) is 0 Å². The second-order valence-corrected chi connectivity index (χ2v) is 5.87. The number of benzene rings is 1. The molecule has 4 nitrogen and oxygen atoms in total. The molecule has 2 rings (SSSR count). The van der Waals surface area contributed by atoms with Crippen LogP contribution in [0.1, 0.15) is 18.2 Å². The van der Waals surface area contributed by atoms with Crippen LogP contribution in [0.3, 0.4) is 0 Å². The second-order valence-electron chi connectivity index (χ2n) is 5.46. The third-order valence-corrected chi connectivity index (χ3v) is 3.74. The number of aliphatic hydroxyl groups excluding tert-OH is 1. The normalized spacial score (nSPS) is 12.5. The summed E-state index contributed by atoms with van der Waals surface area (Å²) in [6.45, 7) is 6.67. The lowest BCUT2D eigenvalue weighted by Gasteiger charge is -2.07. The van der Waals surface area contributed by atoms with Crippen LogP contribution in [-0.4, -0.2) is 30.8 Å². The van der Waals surface area contributed by atoms with E-state index in [1.54, 1.807) is 6.92 Å². The van der Waals surface area contributed by atoms with Crippen LogP contribution >= 0.6 is 11.6 Å². The molecule has 0 aliphatic heterocycles. The molecule has 1 aromatic carbocycles. The van der Waals surface area contributed by atoms with Crippen LogP contribution in [0, 0.1) is 6.92 Å². The van der Waals surface area contributed by atoms with Crippen LogP contribution < -0.4 is 10.6 Å². The molecular formula is C17H23ClN2O2. The zero-order chi connectivity index (χ0) is 15.9. The lowest BCUT2D eigenvalue weighted by Crippen LogP contribution is -2.31. The minimum absolute atomic E-state index is 0.311. The van der Waals surface area contributed by atoms with Crippen molar-refractivity contribution in [3.63, 3.8) is 0 Å². The average Bonchev–Trinajstić information content (AvgIpc) is 2.94. The number of rotatable bonds is 8. The third kappa shape index (κ3) is 5.14. The monoisotopic (exact) mass is 322 g/mol. The predicted molar refractivity (Wildman–Crippen MR) is 90.1 cm³/mol. The largest absolute Gasteiger partial charge is 0.460 e. The number of halogens is 1. The molecule has 1 aromatic heterocycles. The van der Waals surface area contributed by atoms with Gasteiger partial charge in [0.05, 0.1) is 12.6 Å². The van der Waals surface area contributed by atoms with Gasteiger partial charge in [0.2, 0.25) is 0 Å². The van der Waals surface area contributed by atoms with Gasteiger partial charge in [0.15, 0.2) is 0 Å². The SMILES string of the molecule is Cc1ccc(-c2ccc(CNCCNCC(C)O)o2)cc1Cl. The highest BCUT2D eigenvalue weighted by molar-refractivity contribution is 6.31. The maximum atomic E-state index is 9.13. The summed E-state index contributed by atoms with van der Waals surface area (Å²) in [5, 5.41) is 16.3. The summed E-state index contributed by atoms with van der Waals surface area (Å²) in [5.74, 6) is 1.72. The van der Waals surface area contributed by atoms with Crippen molar-refractivity contribution in [2.24, 2.45) is 0 Å². The summed E-state index contributed by atoms with van der Waals surface area (Å²) in [6.07, 6.45) is -0.311. The molecule has 0 aliphatic carbocycles. The lowest BCUT2D eigenvalue weighted by molar-refractivity contribution is 0.191. The van der Waals surface area contributed by atoms with Gasteiger partial charge in [-0.05, 0) is 37.6 Å². The third-order valence-electron chi connectivity index (χ3n) is 3.34. The summed E-state index contributed by atoms with van der Waals surface area (Å²) >= 11 is 6.15. The van der Waals surface area contributed by atoms with Crippen LogP contribution in [-0.2, 0) is 6.54 Å². The maximum absolute atomic E-state index is 9.13.